The maximum Gasteiger partial charge on any atom is 0.358 e. The number of carbonyl (C=O) groups excluding carboxylic acids is 1. The van der Waals surface area contributed by atoms with Gasteiger partial charge in [0.05, 0.1) is 34.6 Å². The molecule has 0 bridgehead atoms. The van der Waals surface area contributed by atoms with Gasteiger partial charge in [-0.05, 0) is 40.5 Å². The van der Waals surface area contributed by atoms with Gasteiger partial charge in [-0.2, -0.15) is 0 Å². The van der Waals surface area contributed by atoms with E-state index in [9.17, 15) is 9.18 Å². The lowest BCUT2D eigenvalue weighted by atomic mass is 10.1. The van der Waals surface area contributed by atoms with Crippen molar-refractivity contribution in [3.05, 3.63) is 39.2 Å². The fourth-order valence-electron chi connectivity index (χ4n) is 2.12. The van der Waals surface area contributed by atoms with E-state index < -0.39 is 11.8 Å². The van der Waals surface area contributed by atoms with Crippen molar-refractivity contribution in [3.63, 3.8) is 0 Å². The Bertz CT molecular complexity index is 802. The molecule has 0 saturated carbocycles. The molecule has 0 aliphatic carbocycles. The zero-order chi connectivity index (χ0) is 18.6. The van der Waals surface area contributed by atoms with E-state index in [1.807, 2.05) is 6.92 Å². The number of aromatic nitrogens is 1. The number of unbranched alkanes of at least 4 members (excludes halogenated alkanes) is 1. The van der Waals surface area contributed by atoms with Crippen molar-refractivity contribution in [1.82, 2.24) is 4.98 Å². The van der Waals surface area contributed by atoms with Gasteiger partial charge in [0, 0.05) is 5.56 Å². The number of hydrogen-bond acceptors (Lipinski definition) is 5. The number of halogens is 3. The summed E-state index contributed by atoms with van der Waals surface area (Å²) in [6, 6.07) is 4.52. The first-order valence-corrected chi connectivity index (χ1v) is 8.73. The Morgan fingerprint density at radius 1 is 1.44 bits per heavy atom. The number of ether oxygens (including phenoxy) is 2. The highest BCUT2D eigenvalue weighted by atomic mass is 79.9. The molecule has 0 saturated heterocycles. The number of pyridine rings is 1. The van der Waals surface area contributed by atoms with Gasteiger partial charge in [0.1, 0.15) is 0 Å². The van der Waals surface area contributed by atoms with Gasteiger partial charge in [0.2, 0.25) is 0 Å². The van der Waals surface area contributed by atoms with Gasteiger partial charge in [-0.25, -0.2) is 14.2 Å². The fourth-order valence-corrected chi connectivity index (χ4v) is 2.76. The Kier molecular flexibility index (Phi) is 6.61. The molecule has 1 aromatic carbocycles. The van der Waals surface area contributed by atoms with Crippen LogP contribution in [0.3, 0.4) is 0 Å². The van der Waals surface area contributed by atoms with Gasteiger partial charge in [-0.3, -0.25) is 0 Å². The molecule has 8 heteroatoms. The van der Waals surface area contributed by atoms with Crippen molar-refractivity contribution in [2.75, 3.05) is 19.5 Å². The Labute approximate surface area is 158 Å². The van der Waals surface area contributed by atoms with E-state index in [1.165, 1.54) is 19.2 Å². The van der Waals surface area contributed by atoms with Crippen molar-refractivity contribution in [3.8, 4) is 17.0 Å². The van der Waals surface area contributed by atoms with Crippen LogP contribution in [-0.4, -0.2) is 24.7 Å². The lowest BCUT2D eigenvalue weighted by molar-refractivity contribution is 0.0493. The van der Waals surface area contributed by atoms with Crippen molar-refractivity contribution < 1.29 is 18.7 Å². The predicted molar refractivity (Wildman–Crippen MR) is 98.5 cm³/mol. The largest absolute Gasteiger partial charge is 0.492 e. The summed E-state index contributed by atoms with van der Waals surface area (Å²) in [5, 5.41) is -0.0188. The molecule has 5 nitrogen and oxygen atoms in total. The minimum atomic E-state index is -0.698. The molecule has 0 radical (unpaired) electrons. The van der Waals surface area contributed by atoms with Gasteiger partial charge in [-0.1, -0.05) is 24.9 Å². The molecule has 1 aromatic heterocycles. The first-order valence-electron chi connectivity index (χ1n) is 7.56. The van der Waals surface area contributed by atoms with Crippen LogP contribution in [0, 0.1) is 5.82 Å². The molecule has 2 N–H and O–H groups in total. The normalized spacial score (nSPS) is 10.6. The summed E-state index contributed by atoms with van der Waals surface area (Å²) >= 11 is 9.28. The standard InChI is InChI=1S/C17H17BrClFN2O3/c1-3-4-7-25-17(23)15-13(19)11(21)8-12(22-15)9-5-6-10(18)16(24-2)14(9)20/h5-6,8H,3-4,7H2,1-2H3,(H2,21,22). The monoisotopic (exact) mass is 430 g/mol. The number of nitrogens with two attached hydrogens (primary N) is 1. The summed E-state index contributed by atoms with van der Waals surface area (Å²) in [6.45, 7) is 2.22. The van der Waals surface area contributed by atoms with E-state index in [-0.39, 0.29) is 40.0 Å². The quantitative estimate of drug-likeness (QED) is 0.523. The van der Waals surface area contributed by atoms with Crippen molar-refractivity contribution in [2.45, 2.75) is 19.8 Å². The van der Waals surface area contributed by atoms with E-state index >= 15 is 0 Å². The van der Waals surface area contributed by atoms with Crippen LogP contribution < -0.4 is 10.5 Å². The number of nitrogen functional groups attached to an aromatic ring is 1. The molecule has 0 aliphatic heterocycles. The molecule has 0 atom stereocenters. The van der Waals surface area contributed by atoms with Gasteiger partial charge < -0.3 is 15.2 Å². The number of anilines is 1. The molecule has 0 fully saturated rings. The molecule has 25 heavy (non-hydrogen) atoms. The van der Waals surface area contributed by atoms with E-state index in [2.05, 4.69) is 20.9 Å². The van der Waals surface area contributed by atoms with Crippen LogP contribution in [0.1, 0.15) is 30.3 Å². The first kappa shape index (κ1) is 19.5. The van der Waals surface area contributed by atoms with E-state index in [4.69, 9.17) is 26.8 Å². The second-order valence-electron chi connectivity index (χ2n) is 5.19. The zero-order valence-electron chi connectivity index (χ0n) is 13.7. The topological polar surface area (TPSA) is 74.4 Å². The lowest BCUT2D eigenvalue weighted by Gasteiger charge is -2.12. The maximum atomic E-state index is 14.6. The molecule has 134 valence electrons. The van der Waals surface area contributed by atoms with Crippen molar-refractivity contribution >= 4 is 39.2 Å². The van der Waals surface area contributed by atoms with Crippen LogP contribution >= 0.6 is 27.5 Å². The second kappa shape index (κ2) is 8.49. The average molecular weight is 432 g/mol. The molecular formula is C17H17BrClFN2O3. The summed E-state index contributed by atoms with van der Waals surface area (Å²) in [5.74, 6) is -1.30. The number of rotatable bonds is 6. The minimum Gasteiger partial charge on any atom is -0.492 e. The number of esters is 1. The van der Waals surface area contributed by atoms with Crippen LogP contribution in [0.5, 0.6) is 5.75 Å². The van der Waals surface area contributed by atoms with Gasteiger partial charge in [0.25, 0.3) is 0 Å². The third kappa shape index (κ3) is 4.22. The van der Waals surface area contributed by atoms with E-state index in [0.717, 1.165) is 12.8 Å². The number of nitrogens with zero attached hydrogens (tertiary/aromatic N) is 1. The first-order chi connectivity index (χ1) is 11.9. The van der Waals surface area contributed by atoms with Gasteiger partial charge >= 0.3 is 5.97 Å². The van der Waals surface area contributed by atoms with Crippen LogP contribution in [0.15, 0.2) is 22.7 Å². The Morgan fingerprint density at radius 2 is 2.16 bits per heavy atom. The summed E-state index contributed by atoms with van der Waals surface area (Å²) in [6.07, 6.45) is 1.59. The minimum absolute atomic E-state index is 0.0188. The van der Waals surface area contributed by atoms with E-state index in [1.54, 1.807) is 6.07 Å². The van der Waals surface area contributed by atoms with Crippen LogP contribution in [0.25, 0.3) is 11.3 Å². The third-order valence-corrected chi connectivity index (χ3v) is 4.46. The molecule has 2 aromatic rings. The highest BCUT2D eigenvalue weighted by Gasteiger charge is 2.21. The highest BCUT2D eigenvalue weighted by Crippen LogP contribution is 2.36. The summed E-state index contributed by atoms with van der Waals surface area (Å²) in [7, 11) is 1.35. The number of hydrogen-bond donors (Lipinski definition) is 1. The zero-order valence-corrected chi connectivity index (χ0v) is 16.1. The number of methoxy groups -OCH3 is 1. The average Bonchev–Trinajstić information content (AvgIpc) is 2.58. The van der Waals surface area contributed by atoms with Crippen LogP contribution in [0.2, 0.25) is 5.02 Å². The Hall–Kier alpha value is -1.86. The number of carbonyl (C=O) groups is 1. The predicted octanol–water partition coefficient (Wildman–Crippen LogP) is 4.85. The third-order valence-electron chi connectivity index (χ3n) is 3.44. The van der Waals surface area contributed by atoms with Gasteiger partial charge in [0.15, 0.2) is 17.3 Å². The highest BCUT2D eigenvalue weighted by molar-refractivity contribution is 9.10. The van der Waals surface area contributed by atoms with Crippen LogP contribution in [0.4, 0.5) is 10.1 Å². The van der Waals surface area contributed by atoms with Crippen molar-refractivity contribution in [1.29, 1.82) is 0 Å². The molecular weight excluding hydrogens is 415 g/mol. The molecule has 0 aliphatic rings. The SMILES string of the molecule is CCCCOC(=O)c1nc(-c2ccc(Br)c(OC)c2F)cc(N)c1Cl. The fraction of sp³-hybridized carbons (Fsp3) is 0.294. The number of benzene rings is 1. The van der Waals surface area contributed by atoms with Crippen molar-refractivity contribution in [2.24, 2.45) is 0 Å². The molecule has 0 unspecified atom stereocenters. The molecule has 2 rings (SSSR count). The molecule has 0 spiro atoms. The smallest absolute Gasteiger partial charge is 0.358 e. The maximum absolute atomic E-state index is 14.6. The lowest BCUT2D eigenvalue weighted by Crippen LogP contribution is -2.11. The summed E-state index contributed by atoms with van der Waals surface area (Å²) in [4.78, 5) is 16.3. The van der Waals surface area contributed by atoms with E-state index in [0.29, 0.717) is 4.47 Å². The van der Waals surface area contributed by atoms with Crippen LogP contribution in [-0.2, 0) is 4.74 Å². The summed E-state index contributed by atoms with van der Waals surface area (Å²) in [5.41, 5.74) is 6.11. The molecule has 1 heterocycles. The summed E-state index contributed by atoms with van der Waals surface area (Å²) < 4.78 is 25.3. The Balaban J connectivity index is 2.49. The second-order valence-corrected chi connectivity index (χ2v) is 6.42. The van der Waals surface area contributed by atoms with Gasteiger partial charge in [-0.15, -0.1) is 0 Å². The Morgan fingerprint density at radius 3 is 2.80 bits per heavy atom. The molecule has 0 amide bonds.